The first kappa shape index (κ1) is 21.5. The van der Waals surface area contributed by atoms with Crippen molar-refractivity contribution < 1.29 is 52.7 Å². The molecule has 0 saturated carbocycles. The fraction of sp³-hybridized carbons (Fsp3) is 0. The molecule has 0 aliphatic heterocycles. The molecule has 12 heteroatoms. The molecule has 0 heterocycles. The average molecular weight is 446 g/mol. The molecule has 0 aliphatic rings. The van der Waals surface area contributed by atoms with Gasteiger partial charge in [-0.1, -0.05) is 6.07 Å². The van der Waals surface area contributed by atoms with E-state index in [2.05, 4.69) is 0 Å². The zero-order chi connectivity index (χ0) is 22.7. The van der Waals surface area contributed by atoms with Gasteiger partial charge in [-0.2, -0.15) is 0 Å². The van der Waals surface area contributed by atoms with Crippen LogP contribution in [0.5, 0.6) is 0 Å². The predicted octanol–water partition coefficient (Wildman–Crippen LogP) is 6.69. The van der Waals surface area contributed by atoms with Crippen LogP contribution in [-0.2, 0) is 0 Å². The Balaban J connectivity index is 2.57. The third-order valence-corrected chi connectivity index (χ3v) is 4.03. The molecule has 0 aliphatic carbocycles. The largest absolute Gasteiger partial charge is 0.204 e. The molecule has 0 radical (unpaired) electrons. The van der Waals surface area contributed by atoms with Crippen molar-refractivity contribution in [3.05, 3.63) is 81.9 Å². The maximum Gasteiger partial charge on any atom is 0.200 e. The van der Waals surface area contributed by atoms with Crippen LogP contribution in [0.15, 0.2) is 12.1 Å². The van der Waals surface area contributed by atoms with Gasteiger partial charge in [0, 0.05) is 5.56 Å². The van der Waals surface area contributed by atoms with Crippen molar-refractivity contribution >= 4 is 0 Å². The zero-order valence-corrected chi connectivity index (χ0v) is 13.7. The fourth-order valence-corrected chi connectivity index (χ4v) is 2.67. The van der Waals surface area contributed by atoms with Gasteiger partial charge in [-0.3, -0.25) is 0 Å². The normalized spacial score (nSPS) is 11.3. The summed E-state index contributed by atoms with van der Waals surface area (Å²) in [6.45, 7) is 0. The monoisotopic (exact) mass is 446 g/mol. The van der Waals surface area contributed by atoms with E-state index < -0.39 is 92.1 Å². The molecule has 0 spiro atoms. The van der Waals surface area contributed by atoms with Crippen LogP contribution in [0.2, 0.25) is 0 Å². The number of hydrogen-bond acceptors (Lipinski definition) is 0. The van der Waals surface area contributed by atoms with E-state index in [1.54, 1.807) is 0 Å². The SMILES string of the molecule is Fc1ccc(-c2c(F)c(F)c(F)c(F)c2F)c(-c2c(F)c(F)c(F)c(F)c2F)c1F. The van der Waals surface area contributed by atoms with Gasteiger partial charge in [0.05, 0.1) is 11.1 Å². The summed E-state index contributed by atoms with van der Waals surface area (Å²) in [5.41, 5.74) is -7.68. The maximum atomic E-state index is 14.3. The van der Waals surface area contributed by atoms with Gasteiger partial charge < -0.3 is 0 Å². The molecule has 158 valence electrons. The Morgan fingerprint density at radius 3 is 1.03 bits per heavy atom. The van der Waals surface area contributed by atoms with Crippen molar-refractivity contribution in [1.29, 1.82) is 0 Å². The second-order valence-electron chi connectivity index (χ2n) is 5.67. The quantitative estimate of drug-likeness (QED) is 0.234. The molecule has 0 amide bonds. The summed E-state index contributed by atoms with van der Waals surface area (Å²) in [6.07, 6.45) is 0. The summed E-state index contributed by atoms with van der Waals surface area (Å²) in [5.74, 6) is -30.8. The minimum absolute atomic E-state index is 0.0816. The van der Waals surface area contributed by atoms with Crippen LogP contribution in [-0.4, -0.2) is 0 Å². The first-order valence-electron chi connectivity index (χ1n) is 7.43. The molecule has 0 aromatic heterocycles. The van der Waals surface area contributed by atoms with Crippen LogP contribution in [0.1, 0.15) is 0 Å². The summed E-state index contributed by atoms with van der Waals surface area (Å²) in [5, 5.41) is 0. The average Bonchev–Trinajstić information content (AvgIpc) is 2.72. The summed E-state index contributed by atoms with van der Waals surface area (Å²) in [4.78, 5) is 0. The minimum Gasteiger partial charge on any atom is -0.204 e. The van der Waals surface area contributed by atoms with Gasteiger partial charge in [-0.25, -0.2) is 52.7 Å². The minimum atomic E-state index is -2.71. The highest BCUT2D eigenvalue weighted by molar-refractivity contribution is 5.85. The highest BCUT2D eigenvalue weighted by Gasteiger charge is 2.34. The van der Waals surface area contributed by atoms with Crippen molar-refractivity contribution in [3.8, 4) is 22.3 Å². The number of benzene rings is 3. The highest BCUT2D eigenvalue weighted by Crippen LogP contribution is 2.42. The van der Waals surface area contributed by atoms with Crippen molar-refractivity contribution in [2.45, 2.75) is 0 Å². The second kappa shape index (κ2) is 7.26. The lowest BCUT2D eigenvalue weighted by atomic mass is 9.91. The Bertz CT molecular complexity index is 1160. The molecule has 0 bridgehead atoms. The summed E-state index contributed by atoms with van der Waals surface area (Å²) >= 11 is 0. The fourth-order valence-electron chi connectivity index (χ4n) is 2.67. The van der Waals surface area contributed by atoms with Crippen LogP contribution in [0.3, 0.4) is 0 Å². The van der Waals surface area contributed by atoms with E-state index >= 15 is 0 Å². The van der Waals surface area contributed by atoms with Crippen molar-refractivity contribution in [1.82, 2.24) is 0 Å². The van der Waals surface area contributed by atoms with Crippen molar-refractivity contribution in [3.63, 3.8) is 0 Å². The summed E-state index contributed by atoms with van der Waals surface area (Å²) in [7, 11) is 0. The lowest BCUT2D eigenvalue weighted by Gasteiger charge is -2.16. The first-order valence-corrected chi connectivity index (χ1v) is 7.43. The van der Waals surface area contributed by atoms with Gasteiger partial charge in [0.15, 0.2) is 58.2 Å². The zero-order valence-electron chi connectivity index (χ0n) is 13.7. The lowest BCUT2D eigenvalue weighted by molar-refractivity contribution is 0.379. The predicted molar refractivity (Wildman–Crippen MR) is 76.8 cm³/mol. The summed E-state index contributed by atoms with van der Waals surface area (Å²) in [6, 6.07) is 0.225. The highest BCUT2D eigenvalue weighted by atomic mass is 19.2. The van der Waals surface area contributed by atoms with Gasteiger partial charge in [-0.15, -0.1) is 0 Å². The van der Waals surface area contributed by atoms with E-state index in [0.717, 1.165) is 0 Å². The molecular weight excluding hydrogens is 444 g/mol. The van der Waals surface area contributed by atoms with Crippen molar-refractivity contribution in [2.75, 3.05) is 0 Å². The molecule has 3 rings (SSSR count). The van der Waals surface area contributed by atoms with Crippen molar-refractivity contribution in [2.24, 2.45) is 0 Å². The second-order valence-corrected chi connectivity index (χ2v) is 5.67. The molecule has 0 nitrogen and oxygen atoms in total. The Morgan fingerprint density at radius 2 is 0.633 bits per heavy atom. The molecule has 0 N–H and O–H groups in total. The van der Waals surface area contributed by atoms with Gasteiger partial charge in [-0.05, 0) is 11.6 Å². The van der Waals surface area contributed by atoms with Crippen LogP contribution in [0.4, 0.5) is 52.7 Å². The van der Waals surface area contributed by atoms with E-state index in [0.29, 0.717) is 0 Å². The van der Waals surface area contributed by atoms with Crippen LogP contribution < -0.4 is 0 Å². The topological polar surface area (TPSA) is 0 Å². The standard InChI is InChI=1S/C18H2F12/c19-4-2-1-3(6-9(21)13(25)17(29)14(26)10(6)22)5(8(4)20)7-11(23)15(27)18(30)16(28)12(7)24/h1-2H. The van der Waals surface area contributed by atoms with Crippen LogP contribution in [0.25, 0.3) is 22.3 Å². The molecule has 0 unspecified atom stereocenters. The third-order valence-electron chi connectivity index (χ3n) is 4.03. The summed E-state index contributed by atoms with van der Waals surface area (Å²) < 4.78 is 165. The van der Waals surface area contributed by atoms with Gasteiger partial charge in [0.25, 0.3) is 0 Å². The van der Waals surface area contributed by atoms with E-state index in [4.69, 9.17) is 0 Å². The Morgan fingerprint density at radius 1 is 0.300 bits per heavy atom. The molecular formula is C18H2F12. The first-order chi connectivity index (χ1) is 13.9. The molecule has 0 atom stereocenters. The molecule has 3 aromatic carbocycles. The molecule has 0 fully saturated rings. The molecule has 3 aromatic rings. The number of hydrogen-bond donors (Lipinski definition) is 0. The van der Waals surface area contributed by atoms with Crippen LogP contribution >= 0.6 is 0 Å². The van der Waals surface area contributed by atoms with Gasteiger partial charge in [0.1, 0.15) is 0 Å². The maximum absolute atomic E-state index is 14.3. The van der Waals surface area contributed by atoms with Crippen LogP contribution in [0, 0.1) is 69.8 Å². The van der Waals surface area contributed by atoms with E-state index in [1.807, 2.05) is 0 Å². The number of rotatable bonds is 2. The van der Waals surface area contributed by atoms with E-state index in [-0.39, 0.29) is 12.1 Å². The van der Waals surface area contributed by atoms with E-state index in [1.165, 1.54) is 0 Å². The van der Waals surface area contributed by atoms with Gasteiger partial charge in [0.2, 0.25) is 11.6 Å². The Kier molecular flexibility index (Phi) is 5.21. The Hall–Kier alpha value is -3.18. The molecule has 0 saturated heterocycles. The van der Waals surface area contributed by atoms with Gasteiger partial charge >= 0.3 is 0 Å². The third kappa shape index (κ3) is 2.89. The Labute approximate surface area is 158 Å². The number of halogens is 12. The molecule has 30 heavy (non-hydrogen) atoms. The van der Waals surface area contributed by atoms with E-state index in [9.17, 15) is 52.7 Å². The smallest absolute Gasteiger partial charge is 0.200 e. The lowest BCUT2D eigenvalue weighted by Crippen LogP contribution is -2.09.